The monoisotopic (exact) mass is 516 g/mol. The Hall–Kier alpha value is -3.63. The molecular formula is C24H25ClN4O5S. The van der Waals surface area contributed by atoms with Crippen LogP contribution in [0.25, 0.3) is 0 Å². The van der Waals surface area contributed by atoms with E-state index in [1.165, 1.54) is 11.3 Å². The van der Waals surface area contributed by atoms with Crippen molar-refractivity contribution in [3.05, 3.63) is 64.1 Å². The van der Waals surface area contributed by atoms with Gasteiger partial charge in [-0.3, -0.25) is 15.0 Å². The number of benzene rings is 2. The fourth-order valence-electron chi connectivity index (χ4n) is 2.88. The molecule has 11 heteroatoms. The lowest BCUT2D eigenvalue weighted by atomic mass is 10.2. The number of halogens is 1. The number of ether oxygens (including phenoxy) is 3. The second kappa shape index (κ2) is 13.3. The van der Waals surface area contributed by atoms with Crippen molar-refractivity contribution in [2.45, 2.75) is 20.3 Å². The topological polar surface area (TPSA) is 111 Å². The molecule has 35 heavy (non-hydrogen) atoms. The lowest BCUT2D eigenvalue weighted by molar-refractivity contribution is -0.142. The number of nitrogens with zero attached hydrogens (tertiary/aromatic N) is 2. The molecule has 1 aromatic heterocycles. The van der Waals surface area contributed by atoms with Crippen LogP contribution in [0.1, 0.15) is 25.1 Å². The number of nitrogens with one attached hydrogen (secondary N) is 2. The minimum atomic E-state index is -0.328. The van der Waals surface area contributed by atoms with Gasteiger partial charge in [0.1, 0.15) is 0 Å². The van der Waals surface area contributed by atoms with Gasteiger partial charge in [-0.05, 0) is 43.7 Å². The highest BCUT2D eigenvalue weighted by molar-refractivity contribution is 7.13. The van der Waals surface area contributed by atoms with Gasteiger partial charge in [0.15, 0.2) is 18.1 Å². The van der Waals surface area contributed by atoms with Gasteiger partial charge in [-0.1, -0.05) is 29.8 Å². The molecule has 9 nitrogen and oxygen atoms in total. The smallest absolute Gasteiger partial charge is 0.311 e. The molecule has 0 unspecified atom stereocenters. The quantitative estimate of drug-likeness (QED) is 0.203. The number of carbonyl (C=O) groups is 2. The first-order valence-corrected chi connectivity index (χ1v) is 12.1. The molecule has 2 aromatic carbocycles. The van der Waals surface area contributed by atoms with E-state index in [1.807, 2.05) is 25.1 Å². The van der Waals surface area contributed by atoms with E-state index < -0.39 is 0 Å². The van der Waals surface area contributed by atoms with Crippen molar-refractivity contribution in [3.8, 4) is 11.5 Å². The van der Waals surface area contributed by atoms with Gasteiger partial charge in [0.25, 0.3) is 5.91 Å². The molecule has 0 saturated heterocycles. The molecule has 0 saturated carbocycles. The van der Waals surface area contributed by atoms with Crippen LogP contribution in [0.15, 0.2) is 52.9 Å². The van der Waals surface area contributed by atoms with Crippen LogP contribution < -0.4 is 20.2 Å². The first kappa shape index (κ1) is 26.0. The summed E-state index contributed by atoms with van der Waals surface area (Å²) in [7, 11) is 0. The molecule has 0 radical (unpaired) electrons. The number of thiazole rings is 1. The maximum absolute atomic E-state index is 12.2. The fraction of sp³-hybridized carbons (Fsp3) is 0.250. The van der Waals surface area contributed by atoms with Crippen molar-refractivity contribution in [2.24, 2.45) is 5.10 Å². The van der Waals surface area contributed by atoms with Crippen LogP contribution in [0.2, 0.25) is 5.02 Å². The van der Waals surface area contributed by atoms with E-state index in [4.69, 9.17) is 25.8 Å². The van der Waals surface area contributed by atoms with Crippen molar-refractivity contribution in [1.29, 1.82) is 0 Å². The Balaban J connectivity index is 1.61. The van der Waals surface area contributed by atoms with Crippen molar-refractivity contribution >= 4 is 51.8 Å². The predicted octanol–water partition coefficient (Wildman–Crippen LogP) is 4.76. The van der Waals surface area contributed by atoms with Gasteiger partial charge < -0.3 is 19.5 Å². The van der Waals surface area contributed by atoms with E-state index in [0.717, 1.165) is 0 Å². The van der Waals surface area contributed by atoms with Gasteiger partial charge in [0, 0.05) is 11.1 Å². The Bertz CT molecular complexity index is 1170. The van der Waals surface area contributed by atoms with E-state index in [1.54, 1.807) is 42.8 Å². The highest BCUT2D eigenvalue weighted by Gasteiger charge is 2.14. The molecule has 184 valence electrons. The number of hydrogen-bond acceptors (Lipinski definition) is 9. The Kier molecular flexibility index (Phi) is 9.88. The Morgan fingerprint density at radius 2 is 1.94 bits per heavy atom. The summed E-state index contributed by atoms with van der Waals surface area (Å²) in [5.41, 5.74) is 4.75. The van der Waals surface area contributed by atoms with Crippen LogP contribution in [0.4, 0.5) is 10.8 Å². The van der Waals surface area contributed by atoms with Gasteiger partial charge in [-0.2, -0.15) is 5.10 Å². The third-order valence-corrected chi connectivity index (χ3v) is 5.37. The van der Waals surface area contributed by atoms with E-state index in [2.05, 4.69) is 20.8 Å². The van der Waals surface area contributed by atoms with Crippen LogP contribution in [0, 0.1) is 0 Å². The molecule has 0 atom stereocenters. The lowest BCUT2D eigenvalue weighted by Crippen LogP contribution is -2.20. The highest BCUT2D eigenvalue weighted by atomic mass is 35.5. The number of para-hydroxylation sites is 1. The molecule has 0 aliphatic heterocycles. The summed E-state index contributed by atoms with van der Waals surface area (Å²) in [6.45, 7) is 4.06. The number of rotatable bonds is 12. The van der Waals surface area contributed by atoms with Gasteiger partial charge in [0.05, 0.1) is 36.6 Å². The molecule has 1 amide bonds. The first-order chi connectivity index (χ1) is 17.0. The van der Waals surface area contributed by atoms with Crippen molar-refractivity contribution in [3.63, 3.8) is 0 Å². The Morgan fingerprint density at radius 1 is 1.14 bits per heavy atom. The number of esters is 1. The van der Waals surface area contributed by atoms with E-state index in [0.29, 0.717) is 41.0 Å². The number of carbonyl (C=O) groups excluding carboxylic acids is 2. The van der Waals surface area contributed by atoms with Gasteiger partial charge in [0.2, 0.25) is 5.13 Å². The zero-order chi connectivity index (χ0) is 25.0. The molecule has 3 rings (SSSR count). The molecule has 0 bridgehead atoms. The SMILES string of the molecule is CCOC(=O)Cc1csc(NN=Cc2cc(Cl)c(OCC(=O)Nc3ccccc3)c(OCC)c2)n1. The van der Waals surface area contributed by atoms with Crippen molar-refractivity contribution in [1.82, 2.24) is 4.98 Å². The van der Waals surface area contributed by atoms with Crippen molar-refractivity contribution < 1.29 is 23.8 Å². The summed E-state index contributed by atoms with van der Waals surface area (Å²) in [6, 6.07) is 12.4. The van der Waals surface area contributed by atoms with Gasteiger partial charge in [-0.15, -0.1) is 11.3 Å². The number of anilines is 2. The predicted molar refractivity (Wildman–Crippen MR) is 137 cm³/mol. The fourth-order valence-corrected chi connectivity index (χ4v) is 3.82. The lowest BCUT2D eigenvalue weighted by Gasteiger charge is -2.14. The molecule has 0 aliphatic rings. The summed E-state index contributed by atoms with van der Waals surface area (Å²) in [6.07, 6.45) is 1.65. The second-order valence-electron chi connectivity index (χ2n) is 6.96. The average molecular weight is 517 g/mol. The van der Waals surface area contributed by atoms with Crippen LogP contribution in [0.5, 0.6) is 11.5 Å². The molecule has 0 fully saturated rings. The third-order valence-electron chi connectivity index (χ3n) is 4.29. The minimum absolute atomic E-state index is 0.105. The summed E-state index contributed by atoms with van der Waals surface area (Å²) in [5, 5.41) is 9.49. The minimum Gasteiger partial charge on any atom is -0.490 e. The Morgan fingerprint density at radius 3 is 2.69 bits per heavy atom. The van der Waals surface area contributed by atoms with Gasteiger partial charge >= 0.3 is 5.97 Å². The molecule has 1 heterocycles. The first-order valence-electron chi connectivity index (χ1n) is 10.8. The summed E-state index contributed by atoms with van der Waals surface area (Å²) < 4.78 is 16.2. The van der Waals surface area contributed by atoms with Crippen LogP contribution >= 0.6 is 22.9 Å². The normalized spacial score (nSPS) is 10.7. The largest absolute Gasteiger partial charge is 0.490 e. The van der Waals surface area contributed by atoms with E-state index >= 15 is 0 Å². The third kappa shape index (κ3) is 8.27. The number of hydrogen-bond donors (Lipinski definition) is 2. The number of amides is 1. The van der Waals surface area contributed by atoms with Crippen LogP contribution in [0.3, 0.4) is 0 Å². The highest BCUT2D eigenvalue weighted by Crippen LogP contribution is 2.36. The molecule has 2 N–H and O–H groups in total. The van der Waals surface area contributed by atoms with Crippen LogP contribution in [-0.4, -0.2) is 42.9 Å². The summed E-state index contributed by atoms with van der Waals surface area (Å²) in [5.74, 6) is 0.00595. The molecule has 0 aliphatic carbocycles. The average Bonchev–Trinajstić information content (AvgIpc) is 3.26. The summed E-state index contributed by atoms with van der Waals surface area (Å²) >= 11 is 7.73. The standard InChI is InChI=1S/C24H25ClN4O5S/c1-3-32-20-11-16(13-26-29-24-28-18(15-35-24)12-22(31)33-4-2)10-19(25)23(20)34-14-21(30)27-17-8-6-5-7-9-17/h5-11,13,15H,3-4,12,14H2,1-2H3,(H,27,30)(H,28,29). The summed E-state index contributed by atoms with van der Waals surface area (Å²) in [4.78, 5) is 28.1. The van der Waals surface area contributed by atoms with Crippen molar-refractivity contribution in [2.75, 3.05) is 30.6 Å². The number of hydrazone groups is 1. The Labute approximate surface area is 212 Å². The second-order valence-corrected chi connectivity index (χ2v) is 8.23. The maximum Gasteiger partial charge on any atom is 0.311 e. The van der Waals surface area contributed by atoms with Gasteiger partial charge in [-0.25, -0.2) is 4.98 Å². The molecule has 0 spiro atoms. The zero-order valence-electron chi connectivity index (χ0n) is 19.2. The molecular weight excluding hydrogens is 492 g/mol. The number of aromatic nitrogens is 1. The maximum atomic E-state index is 12.2. The zero-order valence-corrected chi connectivity index (χ0v) is 20.8. The van der Waals surface area contributed by atoms with Crippen LogP contribution in [-0.2, 0) is 20.7 Å². The van der Waals surface area contributed by atoms with E-state index in [9.17, 15) is 9.59 Å². The van der Waals surface area contributed by atoms with E-state index in [-0.39, 0.29) is 35.7 Å². The molecule has 3 aromatic rings.